The third-order valence-electron chi connectivity index (χ3n) is 4.01. The van der Waals surface area contributed by atoms with E-state index in [-0.39, 0.29) is 5.91 Å². The van der Waals surface area contributed by atoms with Crippen molar-refractivity contribution in [3.8, 4) is 11.5 Å². The molecule has 0 aliphatic carbocycles. The Morgan fingerprint density at radius 2 is 1.44 bits per heavy atom. The minimum atomic E-state index is -0.0833. The van der Waals surface area contributed by atoms with Gasteiger partial charge in [-0.3, -0.25) is 4.79 Å². The summed E-state index contributed by atoms with van der Waals surface area (Å²) in [7, 11) is 0. The van der Waals surface area contributed by atoms with Crippen molar-refractivity contribution in [2.24, 2.45) is 0 Å². The van der Waals surface area contributed by atoms with Crippen LogP contribution < -0.4 is 14.8 Å². The summed E-state index contributed by atoms with van der Waals surface area (Å²) < 4.78 is 11.3. The van der Waals surface area contributed by atoms with Crippen molar-refractivity contribution in [3.63, 3.8) is 0 Å². The van der Waals surface area contributed by atoms with Gasteiger partial charge in [0.15, 0.2) is 0 Å². The summed E-state index contributed by atoms with van der Waals surface area (Å²) in [5.74, 6) is 1.45. The maximum absolute atomic E-state index is 12.0. The molecule has 3 rings (SSSR count). The van der Waals surface area contributed by atoms with Crippen LogP contribution in [0.4, 0.5) is 5.69 Å². The minimum Gasteiger partial charge on any atom is -0.493 e. The predicted octanol–water partition coefficient (Wildman–Crippen LogP) is 4.98. The van der Waals surface area contributed by atoms with E-state index in [9.17, 15) is 4.79 Å². The summed E-state index contributed by atoms with van der Waals surface area (Å²) in [6.07, 6.45) is 0.292. The summed E-state index contributed by atoms with van der Waals surface area (Å²) >= 11 is 0. The van der Waals surface area contributed by atoms with Crippen molar-refractivity contribution in [2.45, 2.75) is 20.0 Å². The highest BCUT2D eigenvalue weighted by atomic mass is 16.5. The van der Waals surface area contributed by atoms with Gasteiger partial charge in [0.2, 0.25) is 5.91 Å². The molecule has 4 nitrogen and oxygen atoms in total. The van der Waals surface area contributed by atoms with Gasteiger partial charge in [0.05, 0.1) is 13.0 Å². The molecular weight excluding hydrogens is 338 g/mol. The van der Waals surface area contributed by atoms with E-state index in [4.69, 9.17) is 9.47 Å². The van der Waals surface area contributed by atoms with Crippen LogP contribution in [0, 0.1) is 6.92 Å². The molecular formula is C23H23NO3. The van der Waals surface area contributed by atoms with Crippen LogP contribution in [-0.2, 0) is 11.4 Å². The van der Waals surface area contributed by atoms with Crippen LogP contribution in [0.3, 0.4) is 0 Å². The number of amides is 1. The number of aryl methyl sites for hydroxylation is 1. The largest absolute Gasteiger partial charge is 0.493 e. The highest BCUT2D eigenvalue weighted by Crippen LogP contribution is 2.17. The number of anilines is 1. The van der Waals surface area contributed by atoms with E-state index in [1.165, 1.54) is 5.56 Å². The van der Waals surface area contributed by atoms with Gasteiger partial charge in [-0.25, -0.2) is 0 Å². The smallest absolute Gasteiger partial charge is 0.227 e. The van der Waals surface area contributed by atoms with Gasteiger partial charge in [0.1, 0.15) is 18.1 Å². The first-order valence-electron chi connectivity index (χ1n) is 8.95. The molecule has 0 radical (unpaired) electrons. The summed E-state index contributed by atoms with van der Waals surface area (Å²) in [5, 5.41) is 2.86. The molecule has 1 amide bonds. The summed E-state index contributed by atoms with van der Waals surface area (Å²) in [6.45, 7) is 2.88. The highest BCUT2D eigenvalue weighted by Gasteiger charge is 2.04. The third-order valence-corrected chi connectivity index (χ3v) is 4.01. The van der Waals surface area contributed by atoms with Gasteiger partial charge in [-0.05, 0) is 48.9 Å². The lowest BCUT2D eigenvalue weighted by molar-refractivity contribution is -0.116. The standard InChI is InChI=1S/C23H23NO3/c1-18-7-11-21(12-8-18)26-16-15-23(25)24-20-9-13-22(14-10-20)27-17-19-5-3-2-4-6-19/h2-14H,15-17H2,1H3,(H,24,25). The first kappa shape index (κ1) is 18.5. The molecule has 0 saturated carbocycles. The molecule has 138 valence electrons. The summed E-state index contributed by atoms with van der Waals surface area (Å²) in [6, 6.07) is 25.1. The molecule has 0 heterocycles. The van der Waals surface area contributed by atoms with Gasteiger partial charge in [0.25, 0.3) is 0 Å². The van der Waals surface area contributed by atoms with Crippen molar-refractivity contribution in [2.75, 3.05) is 11.9 Å². The van der Waals surface area contributed by atoms with Gasteiger partial charge in [-0.2, -0.15) is 0 Å². The number of carbonyl (C=O) groups is 1. The minimum absolute atomic E-state index is 0.0833. The molecule has 0 aliphatic heterocycles. The van der Waals surface area contributed by atoms with Gasteiger partial charge < -0.3 is 14.8 Å². The number of carbonyl (C=O) groups excluding carboxylic acids is 1. The quantitative estimate of drug-likeness (QED) is 0.615. The maximum Gasteiger partial charge on any atom is 0.227 e. The molecule has 4 heteroatoms. The first-order valence-corrected chi connectivity index (χ1v) is 8.95. The van der Waals surface area contributed by atoms with E-state index < -0.39 is 0 Å². The average molecular weight is 361 g/mol. The molecule has 3 aromatic carbocycles. The lowest BCUT2D eigenvalue weighted by Gasteiger charge is -2.09. The zero-order valence-corrected chi connectivity index (χ0v) is 15.4. The lowest BCUT2D eigenvalue weighted by atomic mass is 10.2. The Hall–Kier alpha value is -3.27. The molecule has 1 N–H and O–H groups in total. The van der Waals surface area contributed by atoms with Crippen LogP contribution in [0.15, 0.2) is 78.9 Å². The van der Waals surface area contributed by atoms with Gasteiger partial charge in [-0.15, -0.1) is 0 Å². The fraction of sp³-hybridized carbons (Fsp3) is 0.174. The fourth-order valence-electron chi connectivity index (χ4n) is 2.49. The first-order chi connectivity index (χ1) is 13.2. The molecule has 0 spiro atoms. The van der Waals surface area contributed by atoms with Crippen LogP contribution in [0.5, 0.6) is 11.5 Å². The molecule has 0 aromatic heterocycles. The Morgan fingerprint density at radius 1 is 0.815 bits per heavy atom. The third kappa shape index (κ3) is 6.19. The van der Waals surface area contributed by atoms with E-state index >= 15 is 0 Å². The van der Waals surface area contributed by atoms with E-state index in [0.29, 0.717) is 19.6 Å². The van der Waals surface area contributed by atoms with Crippen LogP contribution in [0.25, 0.3) is 0 Å². The molecule has 0 unspecified atom stereocenters. The molecule has 0 bridgehead atoms. The fourth-order valence-corrected chi connectivity index (χ4v) is 2.49. The average Bonchev–Trinajstić information content (AvgIpc) is 2.70. The number of rotatable bonds is 8. The van der Waals surface area contributed by atoms with Gasteiger partial charge >= 0.3 is 0 Å². The van der Waals surface area contributed by atoms with Crippen molar-refractivity contribution in [1.29, 1.82) is 0 Å². The second-order valence-corrected chi connectivity index (χ2v) is 6.26. The number of nitrogens with one attached hydrogen (secondary N) is 1. The highest BCUT2D eigenvalue weighted by molar-refractivity contribution is 5.90. The monoisotopic (exact) mass is 361 g/mol. The molecule has 0 aliphatic rings. The van der Waals surface area contributed by atoms with E-state index in [1.54, 1.807) is 0 Å². The van der Waals surface area contributed by atoms with Crippen molar-refractivity contribution in [1.82, 2.24) is 0 Å². The predicted molar refractivity (Wildman–Crippen MR) is 107 cm³/mol. The zero-order valence-electron chi connectivity index (χ0n) is 15.4. The SMILES string of the molecule is Cc1ccc(OCCC(=O)Nc2ccc(OCc3ccccc3)cc2)cc1. The second-order valence-electron chi connectivity index (χ2n) is 6.26. The molecule has 0 fully saturated rings. The Balaban J connectivity index is 1.40. The van der Waals surface area contributed by atoms with E-state index in [2.05, 4.69) is 5.32 Å². The zero-order chi connectivity index (χ0) is 18.9. The van der Waals surface area contributed by atoms with E-state index in [1.807, 2.05) is 85.8 Å². The normalized spacial score (nSPS) is 10.3. The number of ether oxygens (including phenoxy) is 2. The van der Waals surface area contributed by atoms with Gasteiger partial charge in [-0.1, -0.05) is 48.0 Å². The topological polar surface area (TPSA) is 47.6 Å². The van der Waals surface area contributed by atoms with Crippen LogP contribution in [0.1, 0.15) is 17.5 Å². The van der Waals surface area contributed by atoms with Gasteiger partial charge in [0, 0.05) is 5.69 Å². The second kappa shape index (κ2) is 9.43. The van der Waals surface area contributed by atoms with Crippen LogP contribution in [-0.4, -0.2) is 12.5 Å². The van der Waals surface area contributed by atoms with Crippen molar-refractivity contribution in [3.05, 3.63) is 90.0 Å². The number of hydrogen-bond acceptors (Lipinski definition) is 3. The molecule has 0 saturated heterocycles. The lowest BCUT2D eigenvalue weighted by Crippen LogP contribution is -2.15. The van der Waals surface area contributed by atoms with Crippen molar-refractivity contribution < 1.29 is 14.3 Å². The summed E-state index contributed by atoms with van der Waals surface area (Å²) in [4.78, 5) is 12.0. The molecule has 27 heavy (non-hydrogen) atoms. The van der Waals surface area contributed by atoms with Crippen LogP contribution >= 0.6 is 0 Å². The molecule has 0 atom stereocenters. The number of hydrogen-bond donors (Lipinski definition) is 1. The Bertz CT molecular complexity index is 843. The molecule has 3 aromatic rings. The number of benzene rings is 3. The maximum atomic E-state index is 12.0. The Labute approximate surface area is 159 Å². The van der Waals surface area contributed by atoms with Crippen LogP contribution in [0.2, 0.25) is 0 Å². The van der Waals surface area contributed by atoms with E-state index in [0.717, 1.165) is 22.7 Å². The Kier molecular flexibility index (Phi) is 6.47. The Morgan fingerprint density at radius 3 is 2.15 bits per heavy atom. The summed E-state index contributed by atoms with van der Waals surface area (Å²) in [5.41, 5.74) is 3.03. The van der Waals surface area contributed by atoms with Crippen molar-refractivity contribution >= 4 is 11.6 Å².